The number of hydrogen-bond donors (Lipinski definition) is 9. The normalized spacial score (nSPS) is 13.9. The predicted octanol–water partition coefficient (Wildman–Crippen LogP) is -0.459. The van der Waals surface area contributed by atoms with E-state index < -0.39 is 60.2 Å². The number of amides is 3. The fraction of sp³-hybridized carbons (Fsp3) is 0.500. The third-order valence-electron chi connectivity index (χ3n) is 6.63. The summed E-state index contributed by atoms with van der Waals surface area (Å²) in [7, 11) is 0. The second-order valence-corrected chi connectivity index (χ2v) is 10.7. The molecule has 1 heterocycles. The number of carbonyl (C=O) groups excluding carboxylic acids is 3. The van der Waals surface area contributed by atoms with Gasteiger partial charge >= 0.3 is 11.9 Å². The lowest BCUT2D eigenvalue weighted by Crippen LogP contribution is -2.57. The molecular formula is C28H42N8O7. The Balaban J connectivity index is 2.12. The van der Waals surface area contributed by atoms with E-state index in [0.29, 0.717) is 0 Å². The molecule has 236 valence electrons. The minimum Gasteiger partial charge on any atom is -0.481 e. The number of hydrogen-bond acceptors (Lipinski definition) is 7. The summed E-state index contributed by atoms with van der Waals surface area (Å²) < 4.78 is 0. The smallest absolute Gasteiger partial charge is 0.326 e. The lowest BCUT2D eigenvalue weighted by molar-refractivity contribution is -0.143. The number of aliphatic imine (C=N–C) groups is 1. The van der Waals surface area contributed by atoms with Crippen LogP contribution in [0.15, 0.2) is 35.5 Å². The second kappa shape index (κ2) is 16.7. The van der Waals surface area contributed by atoms with Gasteiger partial charge in [0, 0.05) is 30.1 Å². The van der Waals surface area contributed by atoms with Crippen molar-refractivity contribution in [3.8, 4) is 0 Å². The monoisotopic (exact) mass is 602 g/mol. The van der Waals surface area contributed by atoms with Gasteiger partial charge in [-0.05, 0) is 49.7 Å². The number of benzene rings is 1. The first-order valence-electron chi connectivity index (χ1n) is 14.0. The Kier molecular flexibility index (Phi) is 13.4. The number of aromatic nitrogens is 1. The number of para-hydroxylation sites is 1. The van der Waals surface area contributed by atoms with Gasteiger partial charge in [0.15, 0.2) is 5.96 Å². The second-order valence-electron chi connectivity index (χ2n) is 10.7. The van der Waals surface area contributed by atoms with Crippen LogP contribution >= 0.6 is 0 Å². The maximum Gasteiger partial charge on any atom is 0.326 e. The molecule has 0 spiro atoms. The molecule has 15 nitrogen and oxygen atoms in total. The van der Waals surface area contributed by atoms with Crippen LogP contribution < -0.4 is 33.2 Å². The predicted molar refractivity (Wildman–Crippen MR) is 160 cm³/mol. The maximum absolute atomic E-state index is 13.3. The van der Waals surface area contributed by atoms with Crippen molar-refractivity contribution < 1.29 is 34.2 Å². The molecule has 2 aromatic rings. The molecular weight excluding hydrogens is 560 g/mol. The molecule has 43 heavy (non-hydrogen) atoms. The van der Waals surface area contributed by atoms with E-state index in [-0.39, 0.29) is 50.5 Å². The standard InChI is InChI=1S/C28H42N8O7/c1-15(2)12-22(36-24(39)18(29)13-16-14-33-19-7-4-3-6-17(16)19)26(41)34-20(9-10-23(37)38)25(40)35-21(27(42)43)8-5-11-32-28(30)31/h3-4,6-7,14-15,18,20-22,33H,5,8-13,29H2,1-2H3,(H,34,41)(H,35,40)(H,36,39)(H,37,38)(H,42,43)(H4,30,31,32). The summed E-state index contributed by atoms with van der Waals surface area (Å²) >= 11 is 0. The molecule has 0 bridgehead atoms. The highest BCUT2D eigenvalue weighted by molar-refractivity contribution is 5.94. The Hall–Kier alpha value is -4.66. The van der Waals surface area contributed by atoms with Crippen LogP contribution in [0.4, 0.5) is 0 Å². The van der Waals surface area contributed by atoms with Crippen molar-refractivity contribution in [3.05, 3.63) is 36.0 Å². The van der Waals surface area contributed by atoms with Crippen LogP contribution in [0, 0.1) is 5.92 Å². The zero-order valence-corrected chi connectivity index (χ0v) is 24.3. The first-order valence-corrected chi connectivity index (χ1v) is 14.0. The van der Waals surface area contributed by atoms with Gasteiger partial charge in [0.05, 0.1) is 6.04 Å². The van der Waals surface area contributed by atoms with Crippen LogP contribution in [0.5, 0.6) is 0 Å². The van der Waals surface area contributed by atoms with Gasteiger partial charge in [-0.1, -0.05) is 32.0 Å². The van der Waals surface area contributed by atoms with Crippen LogP contribution in [0.1, 0.15) is 51.5 Å². The van der Waals surface area contributed by atoms with E-state index in [9.17, 15) is 34.2 Å². The Morgan fingerprint density at radius 2 is 1.53 bits per heavy atom. The van der Waals surface area contributed by atoms with Crippen molar-refractivity contribution in [1.29, 1.82) is 0 Å². The van der Waals surface area contributed by atoms with Gasteiger partial charge in [0.2, 0.25) is 17.7 Å². The van der Waals surface area contributed by atoms with Gasteiger partial charge in [0.1, 0.15) is 18.1 Å². The van der Waals surface area contributed by atoms with Gasteiger partial charge in [0.25, 0.3) is 0 Å². The summed E-state index contributed by atoms with van der Waals surface area (Å²) in [6.45, 7) is 3.82. The Morgan fingerprint density at radius 1 is 0.907 bits per heavy atom. The van der Waals surface area contributed by atoms with E-state index in [1.807, 2.05) is 38.1 Å². The minimum atomic E-state index is -1.38. The summed E-state index contributed by atoms with van der Waals surface area (Å²) in [6.07, 6.45) is 1.61. The number of fused-ring (bicyclic) bond motifs is 1. The number of nitrogens with zero attached hydrogens (tertiary/aromatic N) is 1. The largest absolute Gasteiger partial charge is 0.481 e. The van der Waals surface area contributed by atoms with Gasteiger partial charge in [-0.15, -0.1) is 0 Å². The number of nitrogens with one attached hydrogen (secondary N) is 4. The molecule has 4 atom stereocenters. The van der Waals surface area contributed by atoms with Gasteiger partial charge in [-0.2, -0.15) is 0 Å². The van der Waals surface area contributed by atoms with Gasteiger partial charge in [-0.3, -0.25) is 24.2 Å². The summed E-state index contributed by atoms with van der Waals surface area (Å²) in [4.78, 5) is 69.3. The molecule has 0 aliphatic heterocycles. The summed E-state index contributed by atoms with van der Waals surface area (Å²) in [6, 6.07) is 2.77. The highest BCUT2D eigenvalue weighted by Gasteiger charge is 2.31. The Labute approximate surface area is 249 Å². The fourth-order valence-corrected chi connectivity index (χ4v) is 4.45. The van der Waals surface area contributed by atoms with E-state index in [1.165, 1.54) is 0 Å². The molecule has 0 aliphatic rings. The summed E-state index contributed by atoms with van der Waals surface area (Å²) in [5, 5.41) is 27.2. The number of carboxylic acids is 2. The lowest BCUT2D eigenvalue weighted by Gasteiger charge is -2.26. The first kappa shape index (κ1) is 34.5. The number of aromatic amines is 1. The van der Waals surface area contributed by atoms with Crippen LogP contribution in [0.2, 0.25) is 0 Å². The summed E-state index contributed by atoms with van der Waals surface area (Å²) in [5.41, 5.74) is 18.5. The average Bonchev–Trinajstić information content (AvgIpc) is 3.33. The number of aliphatic carboxylic acids is 2. The Morgan fingerprint density at radius 3 is 2.16 bits per heavy atom. The minimum absolute atomic E-state index is 0.0161. The van der Waals surface area contributed by atoms with Crippen LogP contribution in [0.3, 0.4) is 0 Å². The quantitative estimate of drug-likeness (QED) is 0.0602. The van der Waals surface area contributed by atoms with Crippen molar-refractivity contribution in [2.24, 2.45) is 28.1 Å². The topological polar surface area (TPSA) is 268 Å². The molecule has 0 saturated heterocycles. The number of rotatable bonds is 18. The molecule has 4 unspecified atom stereocenters. The third kappa shape index (κ3) is 11.6. The molecule has 0 aliphatic carbocycles. The van der Waals surface area contributed by atoms with Crippen molar-refractivity contribution in [2.45, 2.75) is 76.5 Å². The SMILES string of the molecule is CC(C)CC(NC(=O)C(N)Cc1c[nH]c2ccccc12)C(=O)NC(CCC(=O)O)C(=O)NC(CCCN=C(N)N)C(=O)O. The van der Waals surface area contributed by atoms with E-state index in [4.69, 9.17) is 17.2 Å². The van der Waals surface area contributed by atoms with Gasteiger partial charge < -0.3 is 48.3 Å². The molecule has 2 rings (SSSR count). The number of carboxylic acid groups (broad SMARTS) is 2. The molecule has 3 amide bonds. The molecule has 1 aromatic heterocycles. The first-order chi connectivity index (χ1) is 20.3. The van der Waals surface area contributed by atoms with Crippen molar-refractivity contribution in [3.63, 3.8) is 0 Å². The molecule has 12 N–H and O–H groups in total. The average molecular weight is 603 g/mol. The zero-order chi connectivity index (χ0) is 32.1. The molecule has 15 heteroatoms. The van der Waals surface area contributed by atoms with Crippen molar-refractivity contribution in [2.75, 3.05) is 6.54 Å². The molecule has 1 aromatic carbocycles. The number of nitrogens with two attached hydrogens (primary N) is 3. The van der Waals surface area contributed by atoms with Crippen molar-refractivity contribution in [1.82, 2.24) is 20.9 Å². The van der Waals surface area contributed by atoms with E-state index in [2.05, 4.69) is 25.9 Å². The maximum atomic E-state index is 13.3. The van der Waals surface area contributed by atoms with E-state index in [1.54, 1.807) is 6.20 Å². The number of carbonyl (C=O) groups is 5. The fourth-order valence-electron chi connectivity index (χ4n) is 4.45. The zero-order valence-electron chi connectivity index (χ0n) is 24.3. The van der Waals surface area contributed by atoms with Gasteiger partial charge in [-0.25, -0.2) is 4.79 Å². The number of guanidine groups is 1. The molecule has 0 radical (unpaired) electrons. The number of H-pyrrole nitrogens is 1. The van der Waals surface area contributed by atoms with Crippen molar-refractivity contribution >= 4 is 46.5 Å². The molecule has 0 fully saturated rings. The molecule has 0 saturated carbocycles. The third-order valence-corrected chi connectivity index (χ3v) is 6.63. The summed E-state index contributed by atoms with van der Waals surface area (Å²) in [5.74, 6) is -4.93. The van der Waals surface area contributed by atoms with Crippen LogP contribution in [0.25, 0.3) is 10.9 Å². The highest BCUT2D eigenvalue weighted by Crippen LogP contribution is 2.19. The van der Waals surface area contributed by atoms with Crippen LogP contribution in [-0.2, 0) is 30.4 Å². The lowest BCUT2D eigenvalue weighted by atomic mass is 10.0. The highest BCUT2D eigenvalue weighted by atomic mass is 16.4. The van der Waals surface area contributed by atoms with E-state index >= 15 is 0 Å². The van der Waals surface area contributed by atoms with E-state index in [0.717, 1.165) is 16.5 Å². The Bertz CT molecular complexity index is 1310. The van der Waals surface area contributed by atoms with Crippen LogP contribution in [-0.4, -0.2) is 81.5 Å².